The first-order valence-corrected chi connectivity index (χ1v) is 10.6. The molecule has 156 valence electrons. The monoisotopic (exact) mass is 410 g/mol. The highest BCUT2D eigenvalue weighted by molar-refractivity contribution is 6.00. The maximum absolute atomic E-state index is 13.5. The summed E-state index contributed by atoms with van der Waals surface area (Å²) in [6, 6.07) is 27.7. The van der Waals surface area contributed by atoms with E-state index in [0.717, 1.165) is 48.7 Å². The third-order valence-corrected chi connectivity index (χ3v) is 5.78. The standard InChI is InChI=1S/C26H26N4O/c1-28(22-8-3-2-4-9-22)25-11-6-5-10-24(25)26(31)30-17-7-16-29(18-19-30)23-14-12-21(20-27)13-15-23/h2-6,8-15H,7,16-19H2,1H3. The van der Waals surface area contributed by atoms with E-state index in [0.29, 0.717) is 12.1 Å². The normalized spacial score (nSPS) is 13.9. The average Bonchev–Trinajstić information content (AvgIpc) is 3.10. The Morgan fingerprint density at radius 1 is 0.871 bits per heavy atom. The summed E-state index contributed by atoms with van der Waals surface area (Å²) in [7, 11) is 2.00. The summed E-state index contributed by atoms with van der Waals surface area (Å²) in [5, 5.41) is 9.01. The number of nitrogens with zero attached hydrogens (tertiary/aromatic N) is 4. The largest absolute Gasteiger partial charge is 0.370 e. The summed E-state index contributed by atoms with van der Waals surface area (Å²) >= 11 is 0. The van der Waals surface area contributed by atoms with Crippen LogP contribution in [-0.2, 0) is 0 Å². The molecule has 0 N–H and O–H groups in total. The van der Waals surface area contributed by atoms with E-state index in [1.165, 1.54) is 0 Å². The van der Waals surface area contributed by atoms with E-state index in [9.17, 15) is 4.79 Å². The molecular weight excluding hydrogens is 384 g/mol. The minimum absolute atomic E-state index is 0.0695. The zero-order chi connectivity index (χ0) is 21.6. The molecule has 5 heteroatoms. The van der Waals surface area contributed by atoms with E-state index in [2.05, 4.69) is 15.9 Å². The fraction of sp³-hybridized carbons (Fsp3) is 0.231. The lowest BCUT2D eigenvalue weighted by Gasteiger charge is -2.26. The lowest BCUT2D eigenvalue weighted by atomic mass is 10.1. The molecule has 0 aliphatic carbocycles. The number of amides is 1. The van der Waals surface area contributed by atoms with Gasteiger partial charge in [0.25, 0.3) is 5.91 Å². The predicted octanol–water partition coefficient (Wildman–Crippen LogP) is 4.68. The number of benzene rings is 3. The molecule has 31 heavy (non-hydrogen) atoms. The van der Waals surface area contributed by atoms with Crippen LogP contribution in [0.3, 0.4) is 0 Å². The second-order valence-electron chi connectivity index (χ2n) is 7.70. The highest BCUT2D eigenvalue weighted by Gasteiger charge is 2.23. The van der Waals surface area contributed by atoms with E-state index in [-0.39, 0.29) is 5.91 Å². The summed E-state index contributed by atoms with van der Waals surface area (Å²) in [6.07, 6.45) is 0.905. The van der Waals surface area contributed by atoms with Crippen LogP contribution in [0, 0.1) is 11.3 Å². The molecule has 0 spiro atoms. The van der Waals surface area contributed by atoms with Crippen molar-refractivity contribution in [3.8, 4) is 6.07 Å². The third-order valence-electron chi connectivity index (χ3n) is 5.78. The van der Waals surface area contributed by atoms with Crippen LogP contribution in [0.25, 0.3) is 0 Å². The summed E-state index contributed by atoms with van der Waals surface area (Å²) in [5.74, 6) is 0.0695. The second kappa shape index (κ2) is 9.36. The molecule has 5 nitrogen and oxygen atoms in total. The van der Waals surface area contributed by atoms with Gasteiger partial charge in [-0.3, -0.25) is 4.79 Å². The Morgan fingerprint density at radius 3 is 2.32 bits per heavy atom. The molecule has 1 amide bonds. The minimum Gasteiger partial charge on any atom is -0.370 e. The van der Waals surface area contributed by atoms with Crippen molar-refractivity contribution in [1.82, 2.24) is 4.90 Å². The van der Waals surface area contributed by atoms with E-state index in [1.807, 2.05) is 90.8 Å². The molecule has 0 aromatic heterocycles. The van der Waals surface area contributed by atoms with Crippen molar-refractivity contribution < 1.29 is 4.79 Å². The number of para-hydroxylation sites is 2. The van der Waals surface area contributed by atoms with Gasteiger partial charge in [0.1, 0.15) is 0 Å². The van der Waals surface area contributed by atoms with Gasteiger partial charge >= 0.3 is 0 Å². The molecule has 1 aliphatic rings. The second-order valence-corrected chi connectivity index (χ2v) is 7.70. The number of carbonyl (C=O) groups is 1. The van der Waals surface area contributed by atoms with Crippen molar-refractivity contribution in [2.75, 3.05) is 43.0 Å². The zero-order valence-corrected chi connectivity index (χ0v) is 17.7. The smallest absolute Gasteiger partial charge is 0.256 e. The predicted molar refractivity (Wildman–Crippen MR) is 125 cm³/mol. The molecule has 1 heterocycles. The van der Waals surface area contributed by atoms with Crippen LogP contribution in [0.5, 0.6) is 0 Å². The maximum atomic E-state index is 13.5. The van der Waals surface area contributed by atoms with Crippen LogP contribution >= 0.6 is 0 Å². The highest BCUT2D eigenvalue weighted by atomic mass is 16.2. The first kappa shape index (κ1) is 20.5. The van der Waals surface area contributed by atoms with Crippen molar-refractivity contribution >= 4 is 23.0 Å². The molecule has 3 aromatic rings. The van der Waals surface area contributed by atoms with Crippen molar-refractivity contribution in [2.24, 2.45) is 0 Å². The first-order valence-electron chi connectivity index (χ1n) is 10.6. The van der Waals surface area contributed by atoms with Crippen LogP contribution in [0.1, 0.15) is 22.3 Å². The molecule has 1 fully saturated rings. The molecule has 3 aromatic carbocycles. The van der Waals surface area contributed by atoms with Crippen LogP contribution < -0.4 is 9.80 Å². The molecule has 0 saturated carbocycles. The van der Waals surface area contributed by atoms with Crippen molar-refractivity contribution in [3.05, 3.63) is 90.0 Å². The van der Waals surface area contributed by atoms with E-state index >= 15 is 0 Å². The summed E-state index contributed by atoms with van der Waals surface area (Å²) in [5.41, 5.74) is 4.44. The Morgan fingerprint density at radius 2 is 1.58 bits per heavy atom. The lowest BCUT2D eigenvalue weighted by molar-refractivity contribution is 0.0768. The van der Waals surface area contributed by atoms with Gasteiger partial charge in [-0.05, 0) is 55.0 Å². The Hall–Kier alpha value is -3.78. The van der Waals surface area contributed by atoms with Gasteiger partial charge in [-0.25, -0.2) is 0 Å². The van der Waals surface area contributed by atoms with Gasteiger partial charge in [0.15, 0.2) is 0 Å². The Bertz CT molecular complexity index is 1070. The fourth-order valence-corrected chi connectivity index (χ4v) is 4.03. The Balaban J connectivity index is 1.51. The van der Waals surface area contributed by atoms with Crippen molar-refractivity contribution in [1.29, 1.82) is 5.26 Å². The third kappa shape index (κ3) is 4.54. The van der Waals surface area contributed by atoms with Gasteiger partial charge in [0.05, 0.1) is 22.9 Å². The summed E-state index contributed by atoms with van der Waals surface area (Å²) in [6.45, 7) is 3.06. The molecule has 0 unspecified atom stereocenters. The van der Waals surface area contributed by atoms with E-state index in [1.54, 1.807) is 0 Å². The van der Waals surface area contributed by atoms with Gasteiger partial charge in [-0.2, -0.15) is 5.26 Å². The summed E-state index contributed by atoms with van der Waals surface area (Å²) in [4.78, 5) is 19.8. The number of hydrogen-bond acceptors (Lipinski definition) is 4. The fourth-order valence-electron chi connectivity index (χ4n) is 4.03. The van der Waals surface area contributed by atoms with Crippen LogP contribution in [0.4, 0.5) is 17.1 Å². The molecule has 4 rings (SSSR count). The highest BCUT2D eigenvalue weighted by Crippen LogP contribution is 2.28. The average molecular weight is 411 g/mol. The Kier molecular flexibility index (Phi) is 6.18. The van der Waals surface area contributed by atoms with Crippen molar-refractivity contribution in [3.63, 3.8) is 0 Å². The SMILES string of the molecule is CN(c1ccccc1)c1ccccc1C(=O)N1CCCN(c2ccc(C#N)cc2)CC1. The van der Waals surface area contributed by atoms with E-state index in [4.69, 9.17) is 5.26 Å². The van der Waals surface area contributed by atoms with Crippen LogP contribution in [-0.4, -0.2) is 44.0 Å². The molecular formula is C26H26N4O. The van der Waals surface area contributed by atoms with Gasteiger partial charge in [-0.1, -0.05) is 30.3 Å². The van der Waals surface area contributed by atoms with Gasteiger partial charge in [0, 0.05) is 44.6 Å². The lowest BCUT2D eigenvalue weighted by Crippen LogP contribution is -2.35. The summed E-state index contributed by atoms with van der Waals surface area (Å²) < 4.78 is 0. The van der Waals surface area contributed by atoms with Crippen molar-refractivity contribution in [2.45, 2.75) is 6.42 Å². The molecule has 1 aliphatic heterocycles. The minimum atomic E-state index is 0.0695. The Labute approximate surface area is 183 Å². The first-order chi connectivity index (χ1) is 15.2. The van der Waals surface area contributed by atoms with Gasteiger partial charge < -0.3 is 14.7 Å². The quantitative estimate of drug-likeness (QED) is 0.627. The molecule has 0 atom stereocenters. The molecule has 0 bridgehead atoms. The van der Waals surface area contributed by atoms with E-state index < -0.39 is 0 Å². The van der Waals surface area contributed by atoms with Gasteiger partial charge in [-0.15, -0.1) is 0 Å². The van der Waals surface area contributed by atoms with Gasteiger partial charge in [0.2, 0.25) is 0 Å². The maximum Gasteiger partial charge on any atom is 0.256 e. The molecule has 0 radical (unpaired) electrons. The van der Waals surface area contributed by atoms with Crippen LogP contribution in [0.2, 0.25) is 0 Å². The number of anilines is 3. The number of hydrogen-bond donors (Lipinski definition) is 0. The zero-order valence-electron chi connectivity index (χ0n) is 17.7. The number of rotatable bonds is 4. The topological polar surface area (TPSA) is 50.6 Å². The molecule has 1 saturated heterocycles. The number of nitriles is 1. The van der Waals surface area contributed by atoms with Crippen LogP contribution in [0.15, 0.2) is 78.9 Å². The number of carbonyl (C=O) groups excluding carboxylic acids is 1.